The van der Waals surface area contributed by atoms with E-state index in [1.54, 1.807) is 6.07 Å². The number of halogens is 3. The van der Waals surface area contributed by atoms with Gasteiger partial charge in [-0.25, -0.2) is 8.78 Å². The quantitative estimate of drug-likeness (QED) is 0.365. The lowest BCUT2D eigenvalue weighted by Crippen LogP contribution is -2.48. The smallest absolute Gasteiger partial charge is 0.248 e. The number of nitrogens with zero attached hydrogens (tertiary/aromatic N) is 1. The lowest BCUT2D eigenvalue weighted by molar-refractivity contribution is -0.127. The lowest BCUT2D eigenvalue weighted by Gasteiger charge is -2.34. The highest BCUT2D eigenvalue weighted by Crippen LogP contribution is 2.34. The van der Waals surface area contributed by atoms with Crippen molar-refractivity contribution in [3.63, 3.8) is 0 Å². The highest BCUT2D eigenvalue weighted by molar-refractivity contribution is 9.10. The van der Waals surface area contributed by atoms with Gasteiger partial charge in [0.05, 0.1) is 6.42 Å². The van der Waals surface area contributed by atoms with Crippen molar-refractivity contribution in [3.05, 3.63) is 86.5 Å². The van der Waals surface area contributed by atoms with Crippen LogP contribution in [0, 0.1) is 11.6 Å². The van der Waals surface area contributed by atoms with Crippen LogP contribution in [0.15, 0.2) is 64.5 Å². The van der Waals surface area contributed by atoms with Gasteiger partial charge < -0.3 is 5.32 Å². The standard InChI is InChI=1S/C26H25BrF2N2O2S/c27-23-12-11-18(29)15-22(23)25(26(33)30-19-7-2-1-3-8-19)31(20-9-4-6-17(28)14-20)24(32)16-21-10-5-13-34-21/h4-6,9-15,19,25H,1-3,7-8,16H2,(H,30,33). The maximum atomic E-state index is 14.4. The van der Waals surface area contributed by atoms with E-state index in [0.717, 1.165) is 37.0 Å². The van der Waals surface area contributed by atoms with Crippen LogP contribution in [-0.2, 0) is 16.0 Å². The van der Waals surface area contributed by atoms with E-state index in [1.165, 1.54) is 52.6 Å². The number of benzene rings is 2. The molecule has 1 aromatic heterocycles. The Morgan fingerprint density at radius 1 is 1.03 bits per heavy atom. The first-order valence-corrected chi connectivity index (χ1v) is 12.9. The third kappa shape index (κ3) is 5.91. The monoisotopic (exact) mass is 546 g/mol. The second kappa shape index (κ2) is 11.2. The minimum atomic E-state index is -1.18. The van der Waals surface area contributed by atoms with Crippen LogP contribution in [0.2, 0.25) is 0 Å². The molecule has 1 aliphatic rings. The molecule has 178 valence electrons. The SMILES string of the molecule is O=C(NC1CCCCC1)C(c1cc(F)ccc1Br)N(C(=O)Cc1cccs1)c1cccc(F)c1. The molecule has 0 spiro atoms. The second-order valence-electron chi connectivity index (χ2n) is 8.41. The second-order valence-corrected chi connectivity index (χ2v) is 10.3. The molecule has 4 rings (SSSR count). The fourth-order valence-corrected chi connectivity index (χ4v) is 5.52. The first-order chi connectivity index (χ1) is 16.4. The van der Waals surface area contributed by atoms with E-state index in [2.05, 4.69) is 21.2 Å². The minimum Gasteiger partial charge on any atom is -0.351 e. The maximum absolute atomic E-state index is 14.4. The Kier molecular flexibility index (Phi) is 8.11. The molecule has 2 amide bonds. The number of carbonyl (C=O) groups is 2. The molecule has 0 aliphatic heterocycles. The van der Waals surface area contributed by atoms with Gasteiger partial charge in [-0.15, -0.1) is 11.3 Å². The number of hydrogen-bond donors (Lipinski definition) is 1. The van der Waals surface area contributed by atoms with E-state index in [0.29, 0.717) is 10.0 Å². The number of anilines is 1. The summed E-state index contributed by atoms with van der Waals surface area (Å²) in [6, 6.07) is 12.1. The molecule has 1 unspecified atom stereocenters. The summed E-state index contributed by atoms with van der Waals surface area (Å²) in [5.41, 5.74) is 0.540. The molecular formula is C26H25BrF2N2O2S. The van der Waals surface area contributed by atoms with Gasteiger partial charge in [-0.05, 0) is 60.7 Å². The number of carbonyl (C=O) groups excluding carboxylic acids is 2. The molecule has 4 nitrogen and oxygen atoms in total. The van der Waals surface area contributed by atoms with Crippen molar-refractivity contribution < 1.29 is 18.4 Å². The third-order valence-corrected chi connectivity index (χ3v) is 7.57. The molecule has 2 aromatic carbocycles. The first kappa shape index (κ1) is 24.5. The van der Waals surface area contributed by atoms with Gasteiger partial charge >= 0.3 is 0 Å². The molecule has 0 radical (unpaired) electrons. The van der Waals surface area contributed by atoms with Crippen LogP contribution in [-0.4, -0.2) is 17.9 Å². The summed E-state index contributed by atoms with van der Waals surface area (Å²) in [5, 5.41) is 4.94. The summed E-state index contributed by atoms with van der Waals surface area (Å²) in [5.74, 6) is -1.86. The van der Waals surface area contributed by atoms with Gasteiger partial charge in [-0.2, -0.15) is 0 Å². The Labute approximate surface area is 210 Å². The zero-order chi connectivity index (χ0) is 24.1. The molecule has 0 bridgehead atoms. The summed E-state index contributed by atoms with van der Waals surface area (Å²) in [7, 11) is 0. The molecule has 8 heteroatoms. The normalized spacial score (nSPS) is 15.0. The number of thiophene rings is 1. The Balaban J connectivity index is 1.79. The largest absolute Gasteiger partial charge is 0.351 e. The number of rotatable bonds is 7. The molecule has 1 N–H and O–H groups in total. The van der Waals surface area contributed by atoms with E-state index < -0.39 is 23.6 Å². The van der Waals surface area contributed by atoms with Gasteiger partial charge in [0.2, 0.25) is 11.8 Å². The Morgan fingerprint density at radius 2 is 1.79 bits per heavy atom. The summed E-state index contributed by atoms with van der Waals surface area (Å²) in [6.45, 7) is 0. The van der Waals surface area contributed by atoms with Gasteiger partial charge in [0.25, 0.3) is 0 Å². The van der Waals surface area contributed by atoms with Crippen molar-refractivity contribution >= 4 is 44.8 Å². The van der Waals surface area contributed by atoms with Crippen LogP contribution in [0.25, 0.3) is 0 Å². The summed E-state index contributed by atoms with van der Waals surface area (Å²) >= 11 is 4.86. The molecule has 3 aromatic rings. The van der Waals surface area contributed by atoms with Gasteiger partial charge in [0, 0.05) is 26.6 Å². The van der Waals surface area contributed by atoms with Crippen LogP contribution in [0.5, 0.6) is 0 Å². The Morgan fingerprint density at radius 3 is 2.50 bits per heavy atom. The number of amides is 2. The lowest BCUT2D eigenvalue weighted by atomic mass is 9.94. The van der Waals surface area contributed by atoms with Crippen molar-refractivity contribution in [1.82, 2.24) is 5.32 Å². The molecular weight excluding hydrogens is 522 g/mol. The highest BCUT2D eigenvalue weighted by Gasteiger charge is 2.35. The molecule has 1 saturated carbocycles. The van der Waals surface area contributed by atoms with Crippen molar-refractivity contribution in [3.8, 4) is 0 Å². The van der Waals surface area contributed by atoms with Crippen LogP contribution < -0.4 is 10.2 Å². The maximum Gasteiger partial charge on any atom is 0.248 e. The molecule has 0 saturated heterocycles. The molecule has 1 heterocycles. The Bertz CT molecular complexity index is 1150. The average Bonchev–Trinajstić information content (AvgIpc) is 3.32. The van der Waals surface area contributed by atoms with Crippen molar-refractivity contribution in [2.45, 2.75) is 50.6 Å². The topological polar surface area (TPSA) is 49.4 Å². The fraction of sp³-hybridized carbons (Fsp3) is 0.308. The minimum absolute atomic E-state index is 0.0159. The average molecular weight is 547 g/mol. The summed E-state index contributed by atoms with van der Waals surface area (Å²) in [4.78, 5) is 29.5. The van der Waals surface area contributed by atoms with E-state index in [-0.39, 0.29) is 24.1 Å². The third-order valence-electron chi connectivity index (χ3n) is 5.97. The van der Waals surface area contributed by atoms with Crippen LogP contribution in [0.3, 0.4) is 0 Å². The molecule has 34 heavy (non-hydrogen) atoms. The van der Waals surface area contributed by atoms with E-state index >= 15 is 0 Å². The summed E-state index contributed by atoms with van der Waals surface area (Å²) < 4.78 is 29.1. The van der Waals surface area contributed by atoms with Crippen LogP contribution in [0.1, 0.15) is 48.6 Å². The predicted octanol–water partition coefficient (Wildman–Crippen LogP) is 6.55. The van der Waals surface area contributed by atoms with Crippen LogP contribution >= 0.6 is 27.3 Å². The van der Waals surface area contributed by atoms with Crippen molar-refractivity contribution in [2.75, 3.05) is 4.90 Å². The van der Waals surface area contributed by atoms with Gasteiger partial charge in [-0.1, -0.05) is 47.3 Å². The van der Waals surface area contributed by atoms with Gasteiger partial charge in [-0.3, -0.25) is 14.5 Å². The Hall–Kier alpha value is -2.58. The molecule has 1 aliphatic carbocycles. The van der Waals surface area contributed by atoms with Gasteiger partial charge in [0.1, 0.15) is 17.7 Å². The molecule has 1 atom stereocenters. The number of hydrogen-bond acceptors (Lipinski definition) is 3. The van der Waals surface area contributed by atoms with Crippen molar-refractivity contribution in [1.29, 1.82) is 0 Å². The van der Waals surface area contributed by atoms with Crippen LogP contribution in [0.4, 0.5) is 14.5 Å². The fourth-order valence-electron chi connectivity index (χ4n) is 4.36. The zero-order valence-electron chi connectivity index (χ0n) is 18.5. The van der Waals surface area contributed by atoms with Crippen molar-refractivity contribution in [2.24, 2.45) is 0 Å². The molecule has 1 fully saturated rings. The first-order valence-electron chi connectivity index (χ1n) is 11.3. The predicted molar refractivity (Wildman–Crippen MR) is 134 cm³/mol. The van der Waals surface area contributed by atoms with E-state index in [9.17, 15) is 18.4 Å². The zero-order valence-corrected chi connectivity index (χ0v) is 20.9. The van der Waals surface area contributed by atoms with E-state index in [1.807, 2.05) is 17.5 Å². The van der Waals surface area contributed by atoms with E-state index in [4.69, 9.17) is 0 Å². The number of nitrogens with one attached hydrogen (secondary N) is 1. The summed E-state index contributed by atoms with van der Waals surface area (Å²) in [6.07, 6.45) is 4.90. The highest BCUT2D eigenvalue weighted by atomic mass is 79.9. The van der Waals surface area contributed by atoms with Gasteiger partial charge in [0.15, 0.2) is 0 Å².